The molecule has 4 aromatic carbocycles. The number of sulfonamides is 1. The van der Waals surface area contributed by atoms with Crippen LogP contribution in [0.15, 0.2) is 107 Å². The van der Waals surface area contributed by atoms with Gasteiger partial charge in [-0.25, -0.2) is 27.5 Å². The number of alkyl carbamates (subject to hydrolysis) is 2. The molecule has 0 bridgehead atoms. The number of aromatic hydroxyl groups is 1. The number of phenols is 1. The Kier molecular flexibility index (Phi) is 27.7. The van der Waals surface area contributed by atoms with E-state index in [4.69, 9.17) is 19.9 Å². The van der Waals surface area contributed by atoms with Crippen LogP contribution in [0.4, 0.5) is 9.59 Å². The number of guanidine groups is 1. The average Bonchev–Trinajstić information content (AvgIpc) is 3.18. The van der Waals surface area contributed by atoms with Crippen LogP contribution in [-0.4, -0.2) is 110 Å². The number of carbonyl (C=O) groups is 7. The summed E-state index contributed by atoms with van der Waals surface area (Å²) < 4.78 is 45.7. The van der Waals surface area contributed by atoms with E-state index in [1.165, 1.54) is 12.1 Å². The second kappa shape index (κ2) is 33.9. The van der Waals surface area contributed by atoms with Crippen molar-refractivity contribution in [3.05, 3.63) is 130 Å². The number of hydrogen-bond acceptors (Lipinski definition) is 14. The molecule has 4 rings (SSSR count). The molecule has 0 aliphatic carbocycles. The quantitative estimate of drug-likeness (QED) is 0.00833. The Morgan fingerprint density at radius 1 is 0.588 bits per heavy atom. The molecule has 4 aromatic rings. The minimum atomic E-state index is -4.16. The van der Waals surface area contributed by atoms with Gasteiger partial charge in [0.05, 0.1) is 4.90 Å². The van der Waals surface area contributed by atoms with Crippen LogP contribution < -0.4 is 42.4 Å². The van der Waals surface area contributed by atoms with Gasteiger partial charge in [0.2, 0.25) is 29.6 Å². The summed E-state index contributed by atoms with van der Waals surface area (Å²) in [6, 6.07) is 21.1. The number of rotatable bonds is 31. The first-order chi connectivity index (χ1) is 40.1. The van der Waals surface area contributed by atoms with Crippen LogP contribution in [0.2, 0.25) is 0 Å². The number of amides is 6. The minimum absolute atomic E-state index is 0.0209. The predicted molar refractivity (Wildman–Crippen MR) is 323 cm³/mol. The molecule has 0 fully saturated rings. The van der Waals surface area contributed by atoms with Crippen molar-refractivity contribution >= 4 is 57.8 Å². The molecule has 0 heterocycles. The van der Waals surface area contributed by atoms with Gasteiger partial charge in [-0.15, -0.1) is 0 Å². The molecular weight excluding hydrogens is 1110 g/mol. The van der Waals surface area contributed by atoms with Crippen LogP contribution >= 0.6 is 0 Å². The topological polar surface area (TPSA) is 324 Å². The summed E-state index contributed by atoms with van der Waals surface area (Å²) in [5.74, 6) is -4.62. The normalized spacial score (nSPS) is 13.5. The Morgan fingerprint density at radius 2 is 1.06 bits per heavy atom. The molecule has 464 valence electrons. The maximum atomic E-state index is 14.7. The highest BCUT2D eigenvalue weighted by atomic mass is 32.2. The summed E-state index contributed by atoms with van der Waals surface area (Å²) in [4.78, 5) is 102. The van der Waals surface area contributed by atoms with Crippen molar-refractivity contribution in [2.45, 2.75) is 175 Å². The Labute approximate surface area is 500 Å². The van der Waals surface area contributed by atoms with E-state index in [2.05, 4.69) is 41.6 Å². The van der Waals surface area contributed by atoms with E-state index >= 15 is 0 Å². The van der Waals surface area contributed by atoms with Crippen LogP contribution in [0.1, 0.15) is 127 Å². The molecule has 0 aliphatic rings. The highest BCUT2D eigenvalue weighted by molar-refractivity contribution is 7.90. The molecule has 0 aromatic heterocycles. The standard InChI is InChI=1S/C62H87N9O13S/c1-39(2)32-50(68-54(73)48(24-17-18-30-65-60(78)83-38-46-22-15-12-16-23-46)66-57(76)51(33-40(3)4)70-61(79)84-62(8,9)10)56(75)67-49(25-19-31-64-59(63)71-85(80,81)53-42(6)34-41(5)35-43(53)7)55(74)69-52(36-44-26-28-47(72)29-27-44)58(77)82-37-45-20-13-11-14-21-45/h11-16,20-23,26-29,34-35,39-40,48-52,72H,17-19,24-25,30-33,36-38H2,1-10H3,(H,65,78)(H,66,76)(H,67,75)(H,68,73)(H,69,74)(H,70,79)(H3,63,64,71)/t48-,49+,50+,51+,52+/m1/s1. The van der Waals surface area contributed by atoms with E-state index in [0.717, 1.165) is 11.1 Å². The molecule has 85 heavy (non-hydrogen) atoms. The van der Waals surface area contributed by atoms with Crippen LogP contribution in [-0.2, 0) is 67.8 Å². The van der Waals surface area contributed by atoms with Crippen LogP contribution in [0.5, 0.6) is 5.75 Å². The van der Waals surface area contributed by atoms with Crippen molar-refractivity contribution in [1.29, 1.82) is 0 Å². The van der Waals surface area contributed by atoms with Crippen molar-refractivity contribution in [2.75, 3.05) is 13.1 Å². The van der Waals surface area contributed by atoms with E-state index in [1.807, 2.05) is 65.0 Å². The molecule has 0 radical (unpaired) electrons. The van der Waals surface area contributed by atoms with Crippen LogP contribution in [0.25, 0.3) is 0 Å². The van der Waals surface area contributed by atoms with Crippen molar-refractivity contribution in [3.8, 4) is 5.75 Å². The molecule has 0 unspecified atom stereocenters. The number of aryl methyl sites for hydroxylation is 3. The third kappa shape index (κ3) is 25.7. The van der Waals surface area contributed by atoms with Gasteiger partial charge in [0.25, 0.3) is 10.0 Å². The number of phenolic OH excluding ortho intramolecular Hbond substituents is 1. The predicted octanol–water partition coefficient (Wildman–Crippen LogP) is 6.70. The fourth-order valence-corrected chi connectivity index (χ4v) is 10.5. The van der Waals surface area contributed by atoms with Crippen molar-refractivity contribution in [2.24, 2.45) is 22.6 Å². The van der Waals surface area contributed by atoms with Gasteiger partial charge in [-0.2, -0.15) is 0 Å². The Balaban J connectivity index is 1.63. The number of aliphatic imine (C=N–C) groups is 1. The zero-order chi connectivity index (χ0) is 62.9. The Morgan fingerprint density at radius 3 is 1.58 bits per heavy atom. The van der Waals surface area contributed by atoms with Gasteiger partial charge in [-0.3, -0.25) is 24.2 Å². The summed E-state index contributed by atoms with van der Waals surface area (Å²) in [5.41, 5.74) is 9.17. The molecule has 22 nitrogen and oxygen atoms in total. The Hall–Kier alpha value is -8.21. The number of hydrogen-bond donors (Lipinski definition) is 9. The number of carbonyl (C=O) groups excluding carboxylic acids is 7. The first-order valence-electron chi connectivity index (χ1n) is 28.6. The number of ether oxygens (including phenoxy) is 3. The fourth-order valence-electron chi connectivity index (χ4n) is 9.12. The maximum absolute atomic E-state index is 14.7. The second-order valence-corrected chi connectivity index (χ2v) is 24.5. The van der Waals surface area contributed by atoms with E-state index in [-0.39, 0.29) is 93.7 Å². The second-order valence-electron chi connectivity index (χ2n) is 22.9. The van der Waals surface area contributed by atoms with Crippen LogP contribution in [0, 0.1) is 32.6 Å². The number of benzene rings is 4. The molecule has 0 saturated carbocycles. The molecule has 6 amide bonds. The lowest BCUT2D eigenvalue weighted by Gasteiger charge is -2.28. The van der Waals surface area contributed by atoms with Crippen molar-refractivity contribution in [1.82, 2.24) is 36.6 Å². The lowest BCUT2D eigenvalue weighted by atomic mass is 10.00. The molecule has 10 N–H and O–H groups in total. The highest BCUT2D eigenvalue weighted by Gasteiger charge is 2.34. The van der Waals surface area contributed by atoms with Crippen molar-refractivity contribution < 1.29 is 61.3 Å². The maximum Gasteiger partial charge on any atom is 0.408 e. The van der Waals surface area contributed by atoms with Gasteiger partial charge < -0.3 is 57.0 Å². The molecular formula is C62H87N9O13S. The summed E-state index contributed by atoms with van der Waals surface area (Å²) in [6.07, 6.45) is -0.797. The lowest BCUT2D eigenvalue weighted by molar-refractivity contribution is -0.149. The largest absolute Gasteiger partial charge is 0.508 e. The summed E-state index contributed by atoms with van der Waals surface area (Å²) in [5, 5.41) is 26.4. The number of nitrogens with zero attached hydrogens (tertiary/aromatic N) is 1. The first kappa shape index (κ1) is 69.3. The monoisotopic (exact) mass is 1200 g/mol. The smallest absolute Gasteiger partial charge is 0.408 e. The van der Waals surface area contributed by atoms with Crippen molar-refractivity contribution in [3.63, 3.8) is 0 Å². The third-order valence-corrected chi connectivity index (χ3v) is 14.6. The van der Waals surface area contributed by atoms with Gasteiger partial charge in [0.1, 0.15) is 54.8 Å². The molecule has 0 aliphatic heterocycles. The van der Waals surface area contributed by atoms with Gasteiger partial charge in [0, 0.05) is 19.5 Å². The lowest BCUT2D eigenvalue weighted by Crippen LogP contribution is -2.59. The molecule has 23 heteroatoms. The number of nitrogens with one attached hydrogen (secondary N) is 7. The van der Waals surface area contributed by atoms with E-state index in [0.29, 0.717) is 28.7 Å². The summed E-state index contributed by atoms with van der Waals surface area (Å²) in [6.45, 7) is 17.5. The number of unbranched alkanes of at least 4 members (excludes halogenated alkanes) is 1. The minimum Gasteiger partial charge on any atom is -0.508 e. The summed E-state index contributed by atoms with van der Waals surface area (Å²) in [7, 11) is -4.16. The number of esters is 1. The highest BCUT2D eigenvalue weighted by Crippen LogP contribution is 2.22. The van der Waals surface area contributed by atoms with E-state index in [9.17, 15) is 47.1 Å². The third-order valence-electron chi connectivity index (χ3n) is 13.0. The van der Waals surface area contributed by atoms with Gasteiger partial charge in [-0.1, -0.05) is 118 Å². The van der Waals surface area contributed by atoms with Crippen LogP contribution in [0.3, 0.4) is 0 Å². The molecule has 0 spiro atoms. The Bertz CT molecular complexity index is 2970. The SMILES string of the molecule is Cc1cc(C)c(S(=O)(=O)NC(N)=NCCC[C@H](NC(=O)[C@H](CC(C)C)NC(=O)[C@@H](CCCCNC(=O)OCc2ccccc2)NC(=O)[C@H](CC(C)C)NC(=O)OC(C)(C)C)C(=O)N[C@@H](Cc2ccc(O)cc2)C(=O)OCc2ccccc2)c(C)c1. The molecule has 0 saturated heterocycles. The zero-order valence-corrected chi connectivity index (χ0v) is 51.4. The van der Waals surface area contributed by atoms with Gasteiger partial charge in [-0.05, 0) is 138 Å². The average molecular weight is 1200 g/mol. The first-order valence-corrected chi connectivity index (χ1v) is 30.1. The van der Waals surface area contributed by atoms with E-state index < -0.39 is 93.6 Å². The van der Waals surface area contributed by atoms with Gasteiger partial charge >= 0.3 is 18.2 Å². The zero-order valence-electron chi connectivity index (χ0n) is 50.5. The number of nitrogens with two attached hydrogens (primary N) is 1. The van der Waals surface area contributed by atoms with E-state index in [1.54, 1.807) is 89.2 Å². The fraction of sp³-hybridized carbons (Fsp3) is 0.484. The summed E-state index contributed by atoms with van der Waals surface area (Å²) >= 11 is 0. The van der Waals surface area contributed by atoms with Gasteiger partial charge in [0.15, 0.2) is 0 Å². The molecule has 5 atom stereocenters.